The van der Waals surface area contributed by atoms with Gasteiger partial charge in [-0.2, -0.15) is 12.6 Å². The first-order valence-corrected chi connectivity index (χ1v) is 5.25. The highest BCUT2D eigenvalue weighted by Crippen LogP contribution is 2.19. The van der Waals surface area contributed by atoms with Gasteiger partial charge in [0.05, 0.1) is 11.8 Å². The Hall–Kier alpha value is -0.620. The number of tetrazole rings is 1. The number of likely N-dealkylation sites (N-methyl/N-ethyl adjacent to an activating group) is 1. The molecule has 0 aliphatic rings. The lowest BCUT2D eigenvalue weighted by Crippen LogP contribution is -2.20. The molecule has 1 unspecified atom stereocenters. The third-order valence-corrected chi connectivity index (χ3v) is 2.60. The van der Waals surface area contributed by atoms with Crippen LogP contribution in [-0.2, 0) is 6.54 Å². The summed E-state index contributed by atoms with van der Waals surface area (Å²) in [5, 5.41) is 11.7. The molecule has 1 aromatic rings. The number of nitrogens with zero attached hydrogens (tertiary/aromatic N) is 5. The Balaban J connectivity index is 2.62. The molecule has 0 spiro atoms. The second-order valence-electron chi connectivity index (χ2n) is 3.49. The minimum Gasteiger partial charge on any atom is -0.308 e. The maximum Gasteiger partial charge on any atom is 0.163 e. The zero-order valence-corrected chi connectivity index (χ0v) is 9.78. The van der Waals surface area contributed by atoms with E-state index in [1.54, 1.807) is 0 Å². The molecule has 80 valence electrons. The molecule has 1 aromatic heterocycles. The van der Waals surface area contributed by atoms with Crippen LogP contribution in [0.2, 0.25) is 0 Å². The second kappa shape index (κ2) is 5.31. The fourth-order valence-corrected chi connectivity index (χ4v) is 1.27. The largest absolute Gasteiger partial charge is 0.308 e. The Morgan fingerprint density at radius 2 is 2.21 bits per heavy atom. The number of hydrogen-bond acceptors (Lipinski definition) is 5. The normalized spacial score (nSPS) is 13.5. The first-order chi connectivity index (χ1) is 6.65. The maximum absolute atomic E-state index is 4.42. The third-order valence-electron chi connectivity index (χ3n) is 2.00. The SMILES string of the molecule is CCC(S)c1nnnn1CCN(C)C. The van der Waals surface area contributed by atoms with Crippen LogP contribution < -0.4 is 0 Å². The lowest BCUT2D eigenvalue weighted by molar-refractivity contribution is 0.366. The molecular weight excluding hydrogens is 198 g/mol. The van der Waals surface area contributed by atoms with Crippen molar-refractivity contribution in [2.45, 2.75) is 25.1 Å². The molecule has 0 saturated carbocycles. The molecule has 0 saturated heterocycles. The average molecular weight is 215 g/mol. The topological polar surface area (TPSA) is 46.8 Å². The number of hydrogen-bond donors (Lipinski definition) is 1. The quantitative estimate of drug-likeness (QED) is 0.731. The molecule has 1 rings (SSSR count). The summed E-state index contributed by atoms with van der Waals surface area (Å²) in [6.45, 7) is 3.82. The van der Waals surface area contributed by atoms with Gasteiger partial charge in [0.1, 0.15) is 0 Å². The number of rotatable bonds is 5. The average Bonchev–Trinajstić information content (AvgIpc) is 2.61. The van der Waals surface area contributed by atoms with E-state index in [2.05, 4.69) is 40.0 Å². The fourth-order valence-electron chi connectivity index (χ4n) is 1.09. The van der Waals surface area contributed by atoms with Gasteiger partial charge in [0, 0.05) is 6.54 Å². The molecule has 0 aliphatic carbocycles. The van der Waals surface area contributed by atoms with E-state index in [0.717, 1.165) is 25.3 Å². The Bertz CT molecular complexity index is 272. The Labute approximate surface area is 89.9 Å². The molecule has 0 radical (unpaired) electrons. The summed E-state index contributed by atoms with van der Waals surface area (Å²) in [5.41, 5.74) is 0. The van der Waals surface area contributed by atoms with Crippen LogP contribution in [0.25, 0.3) is 0 Å². The molecule has 1 atom stereocenters. The molecule has 0 aromatic carbocycles. The first kappa shape index (κ1) is 11.5. The van der Waals surface area contributed by atoms with E-state index in [1.165, 1.54) is 0 Å². The molecular formula is C8H17N5S. The second-order valence-corrected chi connectivity index (χ2v) is 4.11. The van der Waals surface area contributed by atoms with E-state index in [-0.39, 0.29) is 5.25 Å². The first-order valence-electron chi connectivity index (χ1n) is 4.74. The van der Waals surface area contributed by atoms with Crippen LogP contribution in [-0.4, -0.2) is 45.7 Å². The fraction of sp³-hybridized carbons (Fsp3) is 0.875. The highest BCUT2D eigenvalue weighted by Gasteiger charge is 2.12. The Morgan fingerprint density at radius 3 is 2.79 bits per heavy atom. The van der Waals surface area contributed by atoms with Crippen LogP contribution in [0.15, 0.2) is 0 Å². The zero-order valence-electron chi connectivity index (χ0n) is 8.88. The highest BCUT2D eigenvalue weighted by atomic mass is 32.1. The van der Waals surface area contributed by atoms with Gasteiger partial charge in [0.2, 0.25) is 0 Å². The van der Waals surface area contributed by atoms with Crippen molar-refractivity contribution in [1.29, 1.82) is 0 Å². The summed E-state index contributed by atoms with van der Waals surface area (Å²) in [6, 6.07) is 0. The van der Waals surface area contributed by atoms with Crippen molar-refractivity contribution in [3.63, 3.8) is 0 Å². The van der Waals surface area contributed by atoms with E-state index in [4.69, 9.17) is 0 Å². The van der Waals surface area contributed by atoms with Gasteiger partial charge < -0.3 is 4.90 Å². The summed E-state index contributed by atoms with van der Waals surface area (Å²) in [7, 11) is 4.06. The minimum atomic E-state index is 0.132. The van der Waals surface area contributed by atoms with Crippen molar-refractivity contribution in [2.75, 3.05) is 20.6 Å². The van der Waals surface area contributed by atoms with Gasteiger partial charge in [0.25, 0.3) is 0 Å². The molecule has 0 N–H and O–H groups in total. The molecule has 5 nitrogen and oxygen atoms in total. The molecule has 0 amide bonds. The lowest BCUT2D eigenvalue weighted by Gasteiger charge is -2.11. The molecule has 14 heavy (non-hydrogen) atoms. The van der Waals surface area contributed by atoms with Gasteiger partial charge >= 0.3 is 0 Å². The third kappa shape index (κ3) is 2.95. The molecule has 0 aliphatic heterocycles. The predicted octanol–water partition coefficient (Wildman–Crippen LogP) is 0.616. The van der Waals surface area contributed by atoms with Crippen molar-refractivity contribution < 1.29 is 0 Å². The van der Waals surface area contributed by atoms with Crippen LogP contribution in [0.5, 0.6) is 0 Å². The van der Waals surface area contributed by atoms with Gasteiger partial charge in [-0.3, -0.25) is 0 Å². The summed E-state index contributed by atoms with van der Waals surface area (Å²) in [5.74, 6) is 0.859. The minimum absolute atomic E-state index is 0.132. The Kier molecular flexibility index (Phi) is 4.34. The number of aromatic nitrogens is 4. The summed E-state index contributed by atoms with van der Waals surface area (Å²) in [4.78, 5) is 2.10. The summed E-state index contributed by atoms with van der Waals surface area (Å²) >= 11 is 4.42. The lowest BCUT2D eigenvalue weighted by atomic mass is 10.3. The van der Waals surface area contributed by atoms with Crippen LogP contribution in [0.3, 0.4) is 0 Å². The Morgan fingerprint density at radius 1 is 1.50 bits per heavy atom. The number of thiol groups is 1. The van der Waals surface area contributed by atoms with E-state index in [1.807, 2.05) is 18.8 Å². The summed E-state index contributed by atoms with van der Waals surface area (Å²) in [6.07, 6.45) is 0.936. The van der Waals surface area contributed by atoms with Crippen LogP contribution in [0.4, 0.5) is 0 Å². The van der Waals surface area contributed by atoms with Crippen molar-refractivity contribution >= 4 is 12.6 Å². The van der Waals surface area contributed by atoms with Crippen LogP contribution in [0.1, 0.15) is 24.4 Å². The summed E-state index contributed by atoms with van der Waals surface area (Å²) < 4.78 is 1.82. The smallest absolute Gasteiger partial charge is 0.163 e. The molecule has 0 fully saturated rings. The van der Waals surface area contributed by atoms with Gasteiger partial charge in [0.15, 0.2) is 5.82 Å². The van der Waals surface area contributed by atoms with E-state index in [9.17, 15) is 0 Å². The van der Waals surface area contributed by atoms with Gasteiger partial charge in [-0.25, -0.2) is 4.68 Å². The molecule has 0 bridgehead atoms. The van der Waals surface area contributed by atoms with Crippen LogP contribution >= 0.6 is 12.6 Å². The van der Waals surface area contributed by atoms with Gasteiger partial charge in [-0.15, -0.1) is 5.10 Å². The van der Waals surface area contributed by atoms with Crippen molar-refractivity contribution in [2.24, 2.45) is 0 Å². The standard InChI is InChI=1S/C8H17N5S/c1-4-7(14)8-9-10-11-13(8)6-5-12(2)3/h7,14H,4-6H2,1-3H3. The van der Waals surface area contributed by atoms with Gasteiger partial charge in [-0.1, -0.05) is 6.92 Å². The predicted molar refractivity (Wildman–Crippen MR) is 58.4 cm³/mol. The van der Waals surface area contributed by atoms with Gasteiger partial charge in [-0.05, 0) is 30.9 Å². The monoisotopic (exact) mass is 215 g/mol. The van der Waals surface area contributed by atoms with Crippen molar-refractivity contribution in [3.05, 3.63) is 5.82 Å². The van der Waals surface area contributed by atoms with Crippen molar-refractivity contribution in [3.8, 4) is 0 Å². The maximum atomic E-state index is 4.42. The molecule has 1 heterocycles. The molecule has 6 heteroatoms. The van der Waals surface area contributed by atoms with E-state index in [0.29, 0.717) is 0 Å². The van der Waals surface area contributed by atoms with E-state index < -0.39 is 0 Å². The zero-order chi connectivity index (χ0) is 10.6. The van der Waals surface area contributed by atoms with Crippen molar-refractivity contribution in [1.82, 2.24) is 25.1 Å². The van der Waals surface area contributed by atoms with E-state index >= 15 is 0 Å². The highest BCUT2D eigenvalue weighted by molar-refractivity contribution is 7.80. The van der Waals surface area contributed by atoms with Crippen LogP contribution in [0, 0.1) is 0 Å².